The molecule has 2 amide bonds. The van der Waals surface area contributed by atoms with Gasteiger partial charge in [-0.25, -0.2) is 5.06 Å². The molecule has 1 aromatic rings. The van der Waals surface area contributed by atoms with Gasteiger partial charge in [-0.05, 0) is 18.6 Å². The number of hydrogen-bond acceptors (Lipinski definition) is 4. The zero-order chi connectivity index (χ0) is 14.0. The molecule has 3 N–H and O–H groups in total. The van der Waals surface area contributed by atoms with Gasteiger partial charge in [0.2, 0.25) is 5.91 Å². The fourth-order valence-corrected chi connectivity index (χ4v) is 2.16. The summed E-state index contributed by atoms with van der Waals surface area (Å²) in [5.74, 6) is -1.38. The van der Waals surface area contributed by atoms with Gasteiger partial charge in [0, 0.05) is 5.56 Å². The molecule has 1 aromatic carbocycles. The summed E-state index contributed by atoms with van der Waals surface area (Å²) in [7, 11) is 0. The molecule has 1 saturated heterocycles. The summed E-state index contributed by atoms with van der Waals surface area (Å²) in [5.41, 5.74) is 7.18. The molecular formula is C13H16N2O4. The van der Waals surface area contributed by atoms with Crippen LogP contribution in [0.4, 0.5) is 0 Å². The van der Waals surface area contributed by atoms with Crippen molar-refractivity contribution >= 4 is 11.8 Å². The lowest BCUT2D eigenvalue weighted by Gasteiger charge is -2.14. The van der Waals surface area contributed by atoms with E-state index in [4.69, 9.17) is 15.7 Å². The van der Waals surface area contributed by atoms with Crippen LogP contribution in [0.3, 0.4) is 0 Å². The fourth-order valence-electron chi connectivity index (χ4n) is 2.16. The number of nitrogens with two attached hydrogens (primary N) is 1. The third kappa shape index (κ3) is 2.59. The van der Waals surface area contributed by atoms with Crippen molar-refractivity contribution in [3.8, 4) is 0 Å². The number of carbonyl (C=O) groups excluding carboxylic acids is 2. The van der Waals surface area contributed by atoms with Crippen molar-refractivity contribution < 1.29 is 19.5 Å². The number of amides is 2. The van der Waals surface area contributed by atoms with E-state index in [1.165, 1.54) is 0 Å². The van der Waals surface area contributed by atoms with Gasteiger partial charge in [-0.1, -0.05) is 17.7 Å². The smallest absolute Gasteiger partial charge is 0.256 e. The van der Waals surface area contributed by atoms with Crippen molar-refractivity contribution in [2.75, 3.05) is 19.8 Å². The highest BCUT2D eigenvalue weighted by Gasteiger charge is 2.36. The lowest BCUT2D eigenvalue weighted by atomic mass is 9.92. The van der Waals surface area contributed by atoms with E-state index in [1.54, 1.807) is 18.2 Å². The third-order valence-corrected chi connectivity index (χ3v) is 3.09. The highest BCUT2D eigenvalue weighted by atomic mass is 16.7. The molecule has 2 rings (SSSR count). The summed E-state index contributed by atoms with van der Waals surface area (Å²) < 4.78 is 0. The summed E-state index contributed by atoms with van der Waals surface area (Å²) in [6, 6.07) is 5.17. The Balaban J connectivity index is 2.34. The molecule has 0 saturated carbocycles. The van der Waals surface area contributed by atoms with Gasteiger partial charge in [0.05, 0.1) is 25.7 Å². The highest BCUT2D eigenvalue weighted by Crippen LogP contribution is 2.28. The Morgan fingerprint density at radius 3 is 2.95 bits per heavy atom. The number of aliphatic hydroxyl groups is 1. The minimum Gasteiger partial charge on any atom is -0.394 e. The lowest BCUT2D eigenvalue weighted by Crippen LogP contribution is -2.29. The molecule has 1 aliphatic heterocycles. The topological polar surface area (TPSA) is 92.9 Å². The van der Waals surface area contributed by atoms with E-state index >= 15 is 0 Å². The molecule has 102 valence electrons. The van der Waals surface area contributed by atoms with Gasteiger partial charge in [-0.3, -0.25) is 14.4 Å². The maximum absolute atomic E-state index is 12.1. The maximum atomic E-state index is 12.1. The first-order chi connectivity index (χ1) is 9.04. The van der Waals surface area contributed by atoms with Crippen LogP contribution in [0.1, 0.15) is 27.4 Å². The van der Waals surface area contributed by atoms with Crippen LogP contribution >= 0.6 is 0 Å². The Morgan fingerprint density at radius 2 is 2.32 bits per heavy atom. The monoisotopic (exact) mass is 264 g/mol. The number of primary amides is 1. The number of hydroxylamine groups is 2. The Bertz CT molecular complexity index is 515. The van der Waals surface area contributed by atoms with E-state index < -0.39 is 11.8 Å². The predicted octanol–water partition coefficient (Wildman–Crippen LogP) is -0.0564. The van der Waals surface area contributed by atoms with Gasteiger partial charge in [-0.15, -0.1) is 0 Å². The van der Waals surface area contributed by atoms with E-state index in [-0.39, 0.29) is 25.7 Å². The second-order valence-electron chi connectivity index (χ2n) is 4.47. The van der Waals surface area contributed by atoms with Gasteiger partial charge in [0.1, 0.15) is 0 Å². The second kappa shape index (κ2) is 5.38. The van der Waals surface area contributed by atoms with Crippen LogP contribution in [-0.4, -0.2) is 41.7 Å². The molecule has 0 aromatic heterocycles. The number of aryl methyl sites for hydroxylation is 1. The van der Waals surface area contributed by atoms with E-state index in [0.29, 0.717) is 11.1 Å². The largest absolute Gasteiger partial charge is 0.394 e. The minimum absolute atomic E-state index is 0.118. The van der Waals surface area contributed by atoms with Gasteiger partial charge in [-0.2, -0.15) is 0 Å². The molecule has 1 aliphatic rings. The van der Waals surface area contributed by atoms with Crippen molar-refractivity contribution in [3.63, 3.8) is 0 Å². The Kier molecular flexibility index (Phi) is 3.82. The summed E-state index contributed by atoms with van der Waals surface area (Å²) in [6.45, 7) is 1.98. The molecule has 1 fully saturated rings. The van der Waals surface area contributed by atoms with Crippen LogP contribution in [0.25, 0.3) is 0 Å². The summed E-state index contributed by atoms with van der Waals surface area (Å²) in [6.07, 6.45) is 0. The van der Waals surface area contributed by atoms with E-state index in [1.807, 2.05) is 6.92 Å². The first-order valence-electron chi connectivity index (χ1n) is 6.00. The van der Waals surface area contributed by atoms with E-state index in [0.717, 1.165) is 10.6 Å². The van der Waals surface area contributed by atoms with Gasteiger partial charge >= 0.3 is 0 Å². The molecule has 0 spiro atoms. The summed E-state index contributed by atoms with van der Waals surface area (Å²) in [5, 5.41) is 9.96. The van der Waals surface area contributed by atoms with Crippen LogP contribution in [0.5, 0.6) is 0 Å². The van der Waals surface area contributed by atoms with E-state index in [2.05, 4.69) is 0 Å². The standard InChI is InChI=1S/C13H16N2O4/c1-8-2-3-9(12(14)17)10(6-8)11-7-19-15(4-5-16)13(11)18/h2-3,6,11,16H,4-5,7H2,1H3,(H2,14,17)/t11-/m0/s1. The number of aliphatic hydroxyl groups excluding tert-OH is 1. The zero-order valence-electron chi connectivity index (χ0n) is 10.6. The van der Waals surface area contributed by atoms with Gasteiger partial charge in [0.25, 0.3) is 5.91 Å². The van der Waals surface area contributed by atoms with Crippen molar-refractivity contribution in [3.05, 3.63) is 34.9 Å². The number of carbonyl (C=O) groups is 2. The van der Waals surface area contributed by atoms with Crippen molar-refractivity contribution in [2.24, 2.45) is 5.73 Å². The van der Waals surface area contributed by atoms with Crippen LogP contribution in [0.2, 0.25) is 0 Å². The first kappa shape index (κ1) is 13.5. The zero-order valence-corrected chi connectivity index (χ0v) is 10.6. The average Bonchev–Trinajstić information content (AvgIpc) is 2.71. The fraction of sp³-hybridized carbons (Fsp3) is 0.385. The summed E-state index contributed by atoms with van der Waals surface area (Å²) >= 11 is 0. The van der Waals surface area contributed by atoms with Crippen LogP contribution in [0.15, 0.2) is 18.2 Å². The molecule has 0 bridgehead atoms. The normalized spacial score (nSPS) is 18.9. The molecule has 1 heterocycles. The lowest BCUT2D eigenvalue weighted by molar-refractivity contribution is -0.163. The number of nitrogens with zero attached hydrogens (tertiary/aromatic N) is 1. The van der Waals surface area contributed by atoms with Crippen LogP contribution < -0.4 is 5.73 Å². The quantitative estimate of drug-likeness (QED) is 0.797. The van der Waals surface area contributed by atoms with Crippen molar-refractivity contribution in [1.82, 2.24) is 5.06 Å². The van der Waals surface area contributed by atoms with Crippen molar-refractivity contribution in [1.29, 1.82) is 0 Å². The van der Waals surface area contributed by atoms with E-state index in [9.17, 15) is 9.59 Å². The Hall–Kier alpha value is -1.92. The minimum atomic E-state index is -0.566. The summed E-state index contributed by atoms with van der Waals surface area (Å²) in [4.78, 5) is 28.8. The molecule has 19 heavy (non-hydrogen) atoms. The number of benzene rings is 1. The first-order valence-corrected chi connectivity index (χ1v) is 6.00. The molecule has 0 aliphatic carbocycles. The average molecular weight is 264 g/mol. The molecular weight excluding hydrogens is 248 g/mol. The number of hydrogen-bond donors (Lipinski definition) is 2. The number of rotatable bonds is 4. The molecule has 0 radical (unpaired) electrons. The SMILES string of the molecule is Cc1ccc(C(N)=O)c([C@@H]2CON(CCO)C2=O)c1. The third-order valence-electron chi connectivity index (χ3n) is 3.09. The highest BCUT2D eigenvalue weighted by molar-refractivity contribution is 5.97. The van der Waals surface area contributed by atoms with Gasteiger partial charge in [0.15, 0.2) is 0 Å². The predicted molar refractivity (Wildman–Crippen MR) is 67.2 cm³/mol. The maximum Gasteiger partial charge on any atom is 0.256 e. The second-order valence-corrected chi connectivity index (χ2v) is 4.47. The van der Waals surface area contributed by atoms with Gasteiger partial charge < -0.3 is 10.8 Å². The Morgan fingerprint density at radius 1 is 1.58 bits per heavy atom. The molecule has 1 atom stereocenters. The number of β-amino-alcohol motifs (C(OH)–C–C–N with tert-alkyl or cyclic N) is 1. The molecule has 6 nitrogen and oxygen atoms in total. The van der Waals surface area contributed by atoms with Crippen LogP contribution in [-0.2, 0) is 9.63 Å². The van der Waals surface area contributed by atoms with Crippen molar-refractivity contribution in [2.45, 2.75) is 12.8 Å². The Labute approximate surface area is 110 Å². The molecule has 6 heteroatoms. The van der Waals surface area contributed by atoms with Crippen LogP contribution in [0, 0.1) is 6.92 Å². The molecule has 0 unspecified atom stereocenters.